The van der Waals surface area contributed by atoms with Crippen LogP contribution in [0.2, 0.25) is 5.02 Å². The van der Waals surface area contributed by atoms with Crippen molar-refractivity contribution in [3.8, 4) is 5.69 Å². The predicted molar refractivity (Wildman–Crippen MR) is 111 cm³/mol. The highest BCUT2D eigenvalue weighted by molar-refractivity contribution is 6.30. The van der Waals surface area contributed by atoms with E-state index in [9.17, 15) is 0 Å². The van der Waals surface area contributed by atoms with Gasteiger partial charge in [-0.05, 0) is 70.3 Å². The fourth-order valence-electron chi connectivity index (χ4n) is 4.89. The molecule has 2 aromatic heterocycles. The van der Waals surface area contributed by atoms with E-state index in [-0.39, 0.29) is 0 Å². The van der Waals surface area contributed by atoms with Crippen molar-refractivity contribution in [1.29, 1.82) is 0 Å². The van der Waals surface area contributed by atoms with Crippen molar-refractivity contribution >= 4 is 11.6 Å². The minimum Gasteiger partial charge on any atom is -0.361 e. The second kappa shape index (κ2) is 7.26. The van der Waals surface area contributed by atoms with E-state index in [2.05, 4.69) is 50.9 Å². The minimum atomic E-state index is 0.410. The van der Waals surface area contributed by atoms with E-state index in [0.29, 0.717) is 11.8 Å². The average molecular weight is 412 g/mol. The van der Waals surface area contributed by atoms with E-state index in [1.54, 1.807) is 0 Å². The molecule has 1 fully saturated rings. The van der Waals surface area contributed by atoms with Crippen LogP contribution in [0.1, 0.15) is 71.7 Å². The summed E-state index contributed by atoms with van der Waals surface area (Å²) in [6.07, 6.45) is 4.39. The van der Waals surface area contributed by atoms with Crippen LogP contribution in [0, 0.1) is 13.8 Å². The van der Waals surface area contributed by atoms with Gasteiger partial charge in [-0.2, -0.15) is 0 Å². The fourth-order valence-corrected chi connectivity index (χ4v) is 5.08. The highest BCUT2D eigenvalue weighted by atomic mass is 35.5. The standard InChI is InChI=1S/C22H26ClN5O/c1-13-14(2)29-26-21(13)15-4-6-16(7-5-15)22-25-24-20-12-27(3)11-17-10-18(23)8-9-19(17)28(20)22/h8-10,15-16H,4-7,11-12H2,1-3H3/t15-,16-. The number of fused-ring (bicyclic) bond motifs is 3. The molecule has 29 heavy (non-hydrogen) atoms. The Labute approximate surface area is 175 Å². The maximum absolute atomic E-state index is 6.28. The van der Waals surface area contributed by atoms with Crippen molar-refractivity contribution in [2.24, 2.45) is 0 Å². The first-order chi connectivity index (χ1) is 14.0. The van der Waals surface area contributed by atoms with Gasteiger partial charge in [-0.25, -0.2) is 0 Å². The Morgan fingerprint density at radius 1 is 1.03 bits per heavy atom. The van der Waals surface area contributed by atoms with Crippen LogP contribution in [-0.4, -0.2) is 31.9 Å². The van der Waals surface area contributed by atoms with Gasteiger partial charge >= 0.3 is 0 Å². The lowest BCUT2D eigenvalue weighted by Crippen LogP contribution is -2.17. The molecule has 3 aromatic rings. The van der Waals surface area contributed by atoms with Gasteiger partial charge in [0.1, 0.15) is 11.6 Å². The van der Waals surface area contributed by atoms with Gasteiger partial charge in [0.05, 0.1) is 17.9 Å². The molecule has 7 heteroatoms. The normalized spacial score (nSPS) is 22.2. The molecule has 2 aliphatic rings. The Kier molecular flexibility index (Phi) is 4.71. The van der Waals surface area contributed by atoms with Gasteiger partial charge in [0.25, 0.3) is 0 Å². The molecule has 3 heterocycles. The quantitative estimate of drug-likeness (QED) is 0.599. The number of halogens is 1. The molecule has 1 aliphatic heterocycles. The first-order valence-corrected chi connectivity index (χ1v) is 10.7. The Balaban J connectivity index is 1.45. The minimum absolute atomic E-state index is 0.410. The number of aryl methyl sites for hydroxylation is 1. The second-order valence-electron chi connectivity index (χ2n) is 8.55. The number of hydrogen-bond donors (Lipinski definition) is 0. The molecule has 1 aromatic carbocycles. The zero-order valence-corrected chi connectivity index (χ0v) is 17.9. The monoisotopic (exact) mass is 411 g/mol. The number of rotatable bonds is 2. The number of hydrogen-bond acceptors (Lipinski definition) is 5. The van der Waals surface area contributed by atoms with Crippen molar-refractivity contribution < 1.29 is 4.52 Å². The molecule has 6 nitrogen and oxygen atoms in total. The molecule has 0 bridgehead atoms. The van der Waals surface area contributed by atoms with Gasteiger partial charge in [-0.15, -0.1) is 10.2 Å². The molecule has 0 N–H and O–H groups in total. The Morgan fingerprint density at radius 3 is 2.52 bits per heavy atom. The molecule has 1 aliphatic carbocycles. The van der Waals surface area contributed by atoms with Gasteiger partial charge in [-0.3, -0.25) is 9.47 Å². The van der Waals surface area contributed by atoms with Gasteiger partial charge in [0.15, 0.2) is 5.82 Å². The summed E-state index contributed by atoms with van der Waals surface area (Å²) in [4.78, 5) is 2.26. The van der Waals surface area contributed by atoms with Crippen LogP contribution >= 0.6 is 11.6 Å². The fraction of sp³-hybridized carbons (Fsp3) is 0.500. The van der Waals surface area contributed by atoms with E-state index in [0.717, 1.165) is 66.9 Å². The molecule has 1 saturated carbocycles. The topological polar surface area (TPSA) is 60.0 Å². The van der Waals surface area contributed by atoms with Crippen LogP contribution in [0.25, 0.3) is 5.69 Å². The SMILES string of the molecule is Cc1onc([C@H]2CC[C@H](c3nnc4n3-c3ccc(Cl)cc3CN(C)C4)CC2)c1C. The van der Waals surface area contributed by atoms with Gasteiger partial charge in [0.2, 0.25) is 0 Å². The Hall–Kier alpha value is -2.18. The maximum Gasteiger partial charge on any atom is 0.151 e. The summed E-state index contributed by atoms with van der Waals surface area (Å²) in [5.74, 6) is 3.92. The zero-order chi connectivity index (χ0) is 20.1. The third-order valence-electron chi connectivity index (χ3n) is 6.56. The molecule has 5 rings (SSSR count). The third kappa shape index (κ3) is 3.28. The van der Waals surface area contributed by atoms with Crippen LogP contribution in [0.3, 0.4) is 0 Å². The smallest absolute Gasteiger partial charge is 0.151 e. The highest BCUT2D eigenvalue weighted by Crippen LogP contribution is 2.42. The van der Waals surface area contributed by atoms with Crippen LogP contribution in [0.15, 0.2) is 22.7 Å². The van der Waals surface area contributed by atoms with E-state index in [1.165, 1.54) is 16.8 Å². The summed E-state index contributed by atoms with van der Waals surface area (Å²) in [7, 11) is 2.11. The lowest BCUT2D eigenvalue weighted by Gasteiger charge is -2.27. The molecule has 152 valence electrons. The molecule has 0 atom stereocenters. The van der Waals surface area contributed by atoms with Crippen LogP contribution < -0.4 is 0 Å². The van der Waals surface area contributed by atoms with Gasteiger partial charge in [-0.1, -0.05) is 16.8 Å². The average Bonchev–Trinajstić information content (AvgIpc) is 3.22. The van der Waals surface area contributed by atoms with Crippen molar-refractivity contribution in [3.63, 3.8) is 0 Å². The van der Waals surface area contributed by atoms with Crippen LogP contribution in [-0.2, 0) is 13.1 Å². The summed E-state index contributed by atoms with van der Waals surface area (Å²) >= 11 is 6.28. The first-order valence-electron chi connectivity index (χ1n) is 10.4. The van der Waals surface area contributed by atoms with Crippen LogP contribution in [0.4, 0.5) is 0 Å². The summed E-state index contributed by atoms with van der Waals surface area (Å²) in [5, 5.41) is 14.3. The lowest BCUT2D eigenvalue weighted by atomic mass is 9.79. The molecule has 0 amide bonds. The van der Waals surface area contributed by atoms with E-state index in [4.69, 9.17) is 16.1 Å². The number of aromatic nitrogens is 4. The molecular weight excluding hydrogens is 386 g/mol. The second-order valence-corrected chi connectivity index (χ2v) is 8.99. The number of nitrogens with zero attached hydrogens (tertiary/aromatic N) is 5. The first kappa shape index (κ1) is 18.8. The maximum atomic E-state index is 6.28. The summed E-state index contributed by atoms with van der Waals surface area (Å²) in [6, 6.07) is 6.14. The summed E-state index contributed by atoms with van der Waals surface area (Å²) in [5.41, 5.74) is 4.74. The van der Waals surface area contributed by atoms with E-state index >= 15 is 0 Å². The molecular formula is C22H26ClN5O. The van der Waals surface area contributed by atoms with Crippen molar-refractivity contribution in [3.05, 3.63) is 57.5 Å². The third-order valence-corrected chi connectivity index (χ3v) is 6.80. The molecule has 0 radical (unpaired) electrons. The molecule has 0 saturated heterocycles. The zero-order valence-electron chi connectivity index (χ0n) is 17.2. The van der Waals surface area contributed by atoms with Gasteiger partial charge in [0, 0.05) is 29.0 Å². The van der Waals surface area contributed by atoms with Gasteiger partial charge < -0.3 is 4.52 Å². The van der Waals surface area contributed by atoms with Crippen LogP contribution in [0.5, 0.6) is 0 Å². The molecule has 0 unspecified atom stereocenters. The summed E-state index contributed by atoms with van der Waals surface area (Å²) in [6.45, 7) is 5.75. The van der Waals surface area contributed by atoms with Crippen molar-refractivity contribution in [1.82, 2.24) is 24.8 Å². The Morgan fingerprint density at radius 2 is 1.79 bits per heavy atom. The largest absolute Gasteiger partial charge is 0.361 e. The lowest BCUT2D eigenvalue weighted by molar-refractivity contribution is 0.315. The number of benzene rings is 1. The van der Waals surface area contributed by atoms with Crippen molar-refractivity contribution in [2.45, 2.75) is 64.5 Å². The van der Waals surface area contributed by atoms with Crippen molar-refractivity contribution in [2.75, 3.05) is 7.05 Å². The highest BCUT2D eigenvalue weighted by Gasteiger charge is 2.32. The Bertz CT molecular complexity index is 1050. The molecule has 0 spiro atoms. The summed E-state index contributed by atoms with van der Waals surface area (Å²) < 4.78 is 7.69. The van der Waals surface area contributed by atoms with E-state index < -0.39 is 0 Å². The van der Waals surface area contributed by atoms with E-state index in [1.807, 2.05) is 13.0 Å². The predicted octanol–water partition coefficient (Wildman–Crippen LogP) is 4.91.